The number of para-hydroxylation sites is 1. The van der Waals surface area contributed by atoms with Gasteiger partial charge in [-0.15, -0.1) is 0 Å². The van der Waals surface area contributed by atoms with Crippen molar-refractivity contribution < 1.29 is 9.59 Å². The third-order valence-electron chi connectivity index (χ3n) is 4.34. The number of carbonyl (C=O) groups excluding carboxylic acids is 2. The van der Waals surface area contributed by atoms with Crippen LogP contribution in [0, 0.1) is 5.92 Å². The number of hydrogen-bond donors (Lipinski definition) is 2. The van der Waals surface area contributed by atoms with Crippen LogP contribution >= 0.6 is 0 Å². The molecule has 1 saturated heterocycles. The zero-order chi connectivity index (χ0) is 19.4. The number of piperidine rings is 1. The zero-order valence-corrected chi connectivity index (χ0v) is 16.2. The van der Waals surface area contributed by atoms with E-state index in [4.69, 9.17) is 5.73 Å². The number of amidine groups is 1. The molecule has 0 spiro atoms. The third kappa shape index (κ3) is 9.93. The number of amides is 1. The van der Waals surface area contributed by atoms with Crippen molar-refractivity contribution in [3.8, 4) is 0 Å². The molecule has 1 aliphatic heterocycles. The van der Waals surface area contributed by atoms with Gasteiger partial charge in [0.1, 0.15) is 5.78 Å². The molecule has 1 aliphatic rings. The van der Waals surface area contributed by atoms with E-state index in [9.17, 15) is 9.59 Å². The van der Waals surface area contributed by atoms with Gasteiger partial charge in [0.15, 0.2) is 0 Å². The summed E-state index contributed by atoms with van der Waals surface area (Å²) in [5.74, 6) is 1.56. The fourth-order valence-corrected chi connectivity index (χ4v) is 2.83. The largest absolute Gasteiger partial charge is 0.388 e. The molecule has 144 valence electrons. The van der Waals surface area contributed by atoms with Gasteiger partial charge in [-0.25, -0.2) is 0 Å². The maximum atomic E-state index is 11.9. The number of Topliss-reactive ketones (excluding diaryl/α,β-unsaturated/α-hetero) is 1. The highest BCUT2D eigenvalue weighted by molar-refractivity contribution is 5.90. The second kappa shape index (κ2) is 12.2. The highest BCUT2D eigenvalue weighted by Crippen LogP contribution is 2.22. The van der Waals surface area contributed by atoms with Gasteiger partial charge in [-0.2, -0.15) is 0 Å². The number of carbonyl (C=O) groups is 2. The molecule has 1 aromatic carbocycles. The van der Waals surface area contributed by atoms with Crippen LogP contribution in [-0.4, -0.2) is 49.1 Å². The molecular formula is C20H32N4O2. The van der Waals surface area contributed by atoms with E-state index in [1.165, 1.54) is 0 Å². The Morgan fingerprint density at radius 3 is 2.27 bits per heavy atom. The lowest BCUT2D eigenvalue weighted by Crippen LogP contribution is -2.36. The summed E-state index contributed by atoms with van der Waals surface area (Å²) in [5, 5.41) is 2.92. The summed E-state index contributed by atoms with van der Waals surface area (Å²) in [7, 11) is 1.66. The maximum absolute atomic E-state index is 11.9. The van der Waals surface area contributed by atoms with Crippen LogP contribution in [0.4, 0.5) is 5.69 Å². The number of nitrogens with zero attached hydrogens (tertiary/aromatic N) is 2. The van der Waals surface area contributed by atoms with Crippen LogP contribution in [0.15, 0.2) is 35.3 Å². The Hall–Kier alpha value is -2.21. The first kappa shape index (κ1) is 21.8. The minimum atomic E-state index is 0.0902. The van der Waals surface area contributed by atoms with Crippen LogP contribution in [0.2, 0.25) is 0 Å². The van der Waals surface area contributed by atoms with Gasteiger partial charge in [-0.05, 0) is 64.3 Å². The normalized spacial score (nSPS) is 15.7. The van der Waals surface area contributed by atoms with Gasteiger partial charge in [0.25, 0.3) is 0 Å². The number of benzene rings is 1. The van der Waals surface area contributed by atoms with Crippen LogP contribution in [-0.2, 0) is 9.59 Å². The van der Waals surface area contributed by atoms with Crippen LogP contribution in [0.1, 0.15) is 39.5 Å². The number of rotatable bonds is 6. The molecule has 26 heavy (non-hydrogen) atoms. The number of nitrogens with one attached hydrogen (secondary N) is 1. The zero-order valence-electron chi connectivity index (χ0n) is 16.2. The van der Waals surface area contributed by atoms with E-state index in [0.29, 0.717) is 24.7 Å². The summed E-state index contributed by atoms with van der Waals surface area (Å²) < 4.78 is 0. The Labute approximate surface area is 156 Å². The molecule has 0 aromatic heterocycles. The molecule has 0 radical (unpaired) electrons. The van der Waals surface area contributed by atoms with E-state index in [-0.39, 0.29) is 11.7 Å². The fraction of sp³-hybridized carbons (Fsp3) is 0.550. The van der Waals surface area contributed by atoms with Gasteiger partial charge < -0.3 is 11.1 Å². The van der Waals surface area contributed by atoms with E-state index in [1.54, 1.807) is 20.9 Å². The average molecular weight is 361 g/mol. The van der Waals surface area contributed by atoms with Crippen molar-refractivity contribution in [2.45, 2.75) is 39.5 Å². The van der Waals surface area contributed by atoms with E-state index in [0.717, 1.165) is 38.0 Å². The van der Waals surface area contributed by atoms with E-state index < -0.39 is 0 Å². The maximum Gasteiger partial charge on any atom is 0.224 e. The predicted octanol–water partition coefficient (Wildman–Crippen LogP) is 2.70. The topological polar surface area (TPSA) is 87.8 Å². The summed E-state index contributed by atoms with van der Waals surface area (Å²) in [6.07, 6.45) is 3.69. The number of likely N-dealkylation sites (tertiary alicyclic amines) is 1. The first-order valence-corrected chi connectivity index (χ1v) is 9.16. The summed E-state index contributed by atoms with van der Waals surface area (Å²) in [6, 6.07) is 9.57. The fourth-order valence-electron chi connectivity index (χ4n) is 2.83. The molecule has 6 nitrogen and oxygen atoms in total. The van der Waals surface area contributed by atoms with Gasteiger partial charge in [0.05, 0.1) is 12.4 Å². The molecule has 6 heteroatoms. The molecule has 3 N–H and O–H groups in total. The standard InChI is InChI=1S/C17H24N2O2.C3H8N2/c1-14(20)13-19-11-9-15(10-12-19)7-8-17(21)18-16-5-3-2-4-6-16;1-3(4)5-2/h2-6,15H,7-13H2,1H3,(H,18,21);1-2H3,(H2,4,5). The minimum Gasteiger partial charge on any atom is -0.388 e. The van der Waals surface area contributed by atoms with Crippen LogP contribution in [0.25, 0.3) is 0 Å². The van der Waals surface area contributed by atoms with E-state index in [2.05, 4.69) is 15.2 Å². The molecule has 0 aliphatic carbocycles. The smallest absolute Gasteiger partial charge is 0.224 e. The van der Waals surface area contributed by atoms with Gasteiger partial charge in [0, 0.05) is 19.2 Å². The molecule has 0 unspecified atom stereocenters. The van der Waals surface area contributed by atoms with Crippen molar-refractivity contribution in [1.29, 1.82) is 0 Å². The first-order chi connectivity index (χ1) is 12.4. The second-order valence-electron chi connectivity index (χ2n) is 6.74. The SMILES string of the molecule is CC(=O)CN1CCC(CCC(=O)Nc2ccccc2)CC1.CN=C(C)N. The number of hydrogen-bond acceptors (Lipinski definition) is 4. The van der Waals surface area contributed by atoms with Gasteiger partial charge in [0.2, 0.25) is 5.91 Å². The number of anilines is 1. The summed E-state index contributed by atoms with van der Waals surface area (Å²) in [6.45, 7) is 5.91. The summed E-state index contributed by atoms with van der Waals surface area (Å²) in [4.78, 5) is 28.8. The molecular weight excluding hydrogens is 328 g/mol. The summed E-state index contributed by atoms with van der Waals surface area (Å²) >= 11 is 0. The molecule has 2 rings (SSSR count). The van der Waals surface area contributed by atoms with E-state index >= 15 is 0 Å². The van der Waals surface area contributed by atoms with Gasteiger partial charge >= 0.3 is 0 Å². The van der Waals surface area contributed by atoms with E-state index in [1.807, 2.05) is 30.3 Å². The Bertz CT molecular complexity index is 575. The lowest BCUT2D eigenvalue weighted by molar-refractivity contribution is -0.118. The molecule has 0 saturated carbocycles. The Balaban J connectivity index is 0.000000597. The first-order valence-electron chi connectivity index (χ1n) is 9.16. The van der Waals surface area contributed by atoms with Crippen LogP contribution in [0.3, 0.4) is 0 Å². The number of aliphatic imine (C=N–C) groups is 1. The van der Waals surface area contributed by atoms with Crippen LogP contribution < -0.4 is 11.1 Å². The quantitative estimate of drug-likeness (QED) is 0.603. The van der Waals surface area contributed by atoms with Crippen molar-refractivity contribution in [3.05, 3.63) is 30.3 Å². The molecule has 0 bridgehead atoms. The Morgan fingerprint density at radius 2 is 1.77 bits per heavy atom. The Kier molecular flexibility index (Phi) is 10.2. The lowest BCUT2D eigenvalue weighted by atomic mass is 9.92. The van der Waals surface area contributed by atoms with Gasteiger partial charge in [-0.3, -0.25) is 19.5 Å². The monoisotopic (exact) mass is 360 g/mol. The average Bonchev–Trinajstić information content (AvgIpc) is 2.62. The predicted molar refractivity (Wildman–Crippen MR) is 107 cm³/mol. The third-order valence-corrected chi connectivity index (χ3v) is 4.34. The lowest BCUT2D eigenvalue weighted by Gasteiger charge is -2.31. The van der Waals surface area contributed by atoms with Crippen molar-refractivity contribution in [3.63, 3.8) is 0 Å². The van der Waals surface area contributed by atoms with Crippen molar-refractivity contribution in [1.82, 2.24) is 4.90 Å². The molecule has 1 fully saturated rings. The second-order valence-corrected chi connectivity index (χ2v) is 6.74. The van der Waals surface area contributed by atoms with Crippen molar-refractivity contribution in [2.24, 2.45) is 16.6 Å². The van der Waals surface area contributed by atoms with Crippen molar-refractivity contribution in [2.75, 3.05) is 32.0 Å². The number of ketones is 1. The molecule has 1 amide bonds. The highest BCUT2D eigenvalue weighted by atomic mass is 16.1. The van der Waals surface area contributed by atoms with Crippen molar-refractivity contribution >= 4 is 23.2 Å². The minimum absolute atomic E-state index is 0.0902. The molecule has 1 heterocycles. The Morgan fingerprint density at radius 1 is 1.19 bits per heavy atom. The number of nitrogens with two attached hydrogens (primary N) is 1. The summed E-state index contributed by atoms with van der Waals surface area (Å²) in [5.41, 5.74) is 5.90. The molecule has 1 aromatic rings. The van der Waals surface area contributed by atoms with Gasteiger partial charge in [-0.1, -0.05) is 18.2 Å². The highest BCUT2D eigenvalue weighted by Gasteiger charge is 2.20. The van der Waals surface area contributed by atoms with Crippen LogP contribution in [0.5, 0.6) is 0 Å². The molecule has 0 atom stereocenters.